The van der Waals surface area contributed by atoms with Crippen LogP contribution in [0.1, 0.15) is 10.4 Å². The van der Waals surface area contributed by atoms with Crippen LogP contribution in [0.2, 0.25) is 5.02 Å². The van der Waals surface area contributed by atoms with E-state index >= 15 is 0 Å². The molecule has 2 aromatic rings. The van der Waals surface area contributed by atoms with E-state index in [1.54, 1.807) is 24.3 Å². The van der Waals surface area contributed by atoms with E-state index in [1.807, 2.05) is 0 Å². The molecule has 0 aromatic heterocycles. The molecule has 0 fully saturated rings. The van der Waals surface area contributed by atoms with Crippen molar-refractivity contribution in [3.63, 3.8) is 0 Å². The normalized spacial score (nSPS) is 10.1. The second kappa shape index (κ2) is 4.98. The predicted molar refractivity (Wildman–Crippen MR) is 71.9 cm³/mol. The van der Waals surface area contributed by atoms with Crippen molar-refractivity contribution in [2.45, 2.75) is 0 Å². The minimum Gasteiger partial charge on any atom is -0.508 e. The van der Waals surface area contributed by atoms with Gasteiger partial charge in [0.05, 0.1) is 5.56 Å². The first-order valence-corrected chi connectivity index (χ1v) is 5.59. The second-order valence-electron chi connectivity index (χ2n) is 3.74. The summed E-state index contributed by atoms with van der Waals surface area (Å²) in [5.41, 5.74) is 6.76. The largest absolute Gasteiger partial charge is 0.508 e. The van der Waals surface area contributed by atoms with Crippen molar-refractivity contribution in [3.8, 4) is 5.75 Å². The molecule has 2 aromatic carbocycles. The molecule has 0 heterocycles. The van der Waals surface area contributed by atoms with Crippen molar-refractivity contribution in [1.82, 2.24) is 0 Å². The highest BCUT2D eigenvalue weighted by molar-refractivity contribution is 6.31. The van der Waals surface area contributed by atoms with Crippen LogP contribution < -0.4 is 11.1 Å². The zero-order valence-electron chi connectivity index (χ0n) is 9.35. The molecule has 0 spiro atoms. The van der Waals surface area contributed by atoms with Crippen LogP contribution in [0.15, 0.2) is 42.5 Å². The molecule has 5 heteroatoms. The SMILES string of the molecule is Nc1ccc(O)cc1C(=O)Nc1cccc(Cl)c1. The van der Waals surface area contributed by atoms with Gasteiger partial charge in [-0.1, -0.05) is 17.7 Å². The molecule has 0 saturated carbocycles. The molecule has 0 aliphatic rings. The van der Waals surface area contributed by atoms with Crippen LogP contribution in [0.4, 0.5) is 11.4 Å². The van der Waals surface area contributed by atoms with E-state index in [9.17, 15) is 9.90 Å². The lowest BCUT2D eigenvalue weighted by Crippen LogP contribution is -2.13. The summed E-state index contributed by atoms with van der Waals surface area (Å²) in [5.74, 6) is -0.411. The van der Waals surface area contributed by atoms with Gasteiger partial charge in [0, 0.05) is 16.4 Å². The van der Waals surface area contributed by atoms with E-state index in [0.29, 0.717) is 16.4 Å². The number of phenolic OH excluding ortho intramolecular Hbond substituents is 1. The van der Waals surface area contributed by atoms with Crippen LogP contribution in [0.25, 0.3) is 0 Å². The number of anilines is 2. The van der Waals surface area contributed by atoms with Crippen LogP contribution in [-0.4, -0.2) is 11.0 Å². The maximum atomic E-state index is 12.0. The highest BCUT2D eigenvalue weighted by Crippen LogP contribution is 2.21. The molecule has 4 nitrogen and oxygen atoms in total. The van der Waals surface area contributed by atoms with Gasteiger partial charge in [-0.2, -0.15) is 0 Å². The Hall–Kier alpha value is -2.20. The second-order valence-corrected chi connectivity index (χ2v) is 4.17. The lowest BCUT2D eigenvalue weighted by Gasteiger charge is -2.08. The van der Waals surface area contributed by atoms with Gasteiger partial charge < -0.3 is 16.2 Å². The van der Waals surface area contributed by atoms with Crippen LogP contribution in [0, 0.1) is 0 Å². The number of hydrogen-bond acceptors (Lipinski definition) is 3. The van der Waals surface area contributed by atoms with Gasteiger partial charge in [0.1, 0.15) is 5.75 Å². The van der Waals surface area contributed by atoms with Crippen molar-refractivity contribution >= 4 is 28.9 Å². The highest BCUT2D eigenvalue weighted by Gasteiger charge is 2.10. The molecule has 0 bridgehead atoms. The first-order valence-electron chi connectivity index (χ1n) is 5.21. The molecular weight excluding hydrogens is 252 g/mol. The van der Waals surface area contributed by atoms with E-state index in [0.717, 1.165) is 0 Å². The predicted octanol–water partition coefficient (Wildman–Crippen LogP) is 2.88. The third kappa shape index (κ3) is 2.73. The minimum absolute atomic E-state index is 0.0135. The maximum Gasteiger partial charge on any atom is 0.257 e. The van der Waals surface area contributed by atoms with Gasteiger partial charge in [0.2, 0.25) is 0 Å². The standard InChI is InChI=1S/C13H11ClN2O2/c14-8-2-1-3-9(6-8)16-13(18)11-7-10(17)4-5-12(11)15/h1-7,17H,15H2,(H,16,18). The van der Waals surface area contributed by atoms with Gasteiger partial charge >= 0.3 is 0 Å². The van der Waals surface area contributed by atoms with Crippen molar-refractivity contribution in [1.29, 1.82) is 0 Å². The molecule has 0 aliphatic heterocycles. The van der Waals surface area contributed by atoms with Gasteiger partial charge in [0.15, 0.2) is 0 Å². The van der Waals surface area contributed by atoms with Crippen LogP contribution in [-0.2, 0) is 0 Å². The quantitative estimate of drug-likeness (QED) is 0.575. The molecule has 0 saturated heterocycles. The molecule has 2 rings (SSSR count). The highest BCUT2D eigenvalue weighted by atomic mass is 35.5. The summed E-state index contributed by atoms with van der Waals surface area (Å²) in [6, 6.07) is 11.0. The number of phenols is 1. The fraction of sp³-hybridized carbons (Fsp3) is 0. The fourth-order valence-corrected chi connectivity index (χ4v) is 1.70. The Kier molecular flexibility index (Phi) is 3.39. The summed E-state index contributed by atoms with van der Waals surface area (Å²) in [4.78, 5) is 12.0. The van der Waals surface area contributed by atoms with Crippen LogP contribution >= 0.6 is 11.6 Å². The Morgan fingerprint density at radius 3 is 2.72 bits per heavy atom. The van der Waals surface area contributed by atoms with E-state index in [-0.39, 0.29) is 11.3 Å². The topological polar surface area (TPSA) is 75.3 Å². The number of halogens is 1. The number of amides is 1. The Labute approximate surface area is 109 Å². The number of nitrogens with one attached hydrogen (secondary N) is 1. The Morgan fingerprint density at radius 1 is 1.22 bits per heavy atom. The first-order chi connectivity index (χ1) is 8.56. The summed E-state index contributed by atoms with van der Waals surface area (Å²) < 4.78 is 0. The third-order valence-corrected chi connectivity index (χ3v) is 2.60. The molecule has 92 valence electrons. The van der Waals surface area contributed by atoms with Crippen molar-refractivity contribution in [2.75, 3.05) is 11.1 Å². The van der Waals surface area contributed by atoms with E-state index in [4.69, 9.17) is 17.3 Å². The van der Waals surface area contributed by atoms with Gasteiger partial charge in [-0.3, -0.25) is 4.79 Å². The summed E-state index contributed by atoms with van der Waals surface area (Å²) in [6.45, 7) is 0. The number of nitrogen functional groups attached to an aromatic ring is 1. The monoisotopic (exact) mass is 262 g/mol. The van der Waals surface area contributed by atoms with E-state index in [1.165, 1.54) is 18.2 Å². The summed E-state index contributed by atoms with van der Waals surface area (Å²) in [6.07, 6.45) is 0. The first kappa shape index (κ1) is 12.3. The number of nitrogens with two attached hydrogens (primary N) is 1. The summed E-state index contributed by atoms with van der Waals surface area (Å²) in [7, 11) is 0. The fourth-order valence-electron chi connectivity index (χ4n) is 1.51. The van der Waals surface area contributed by atoms with E-state index < -0.39 is 5.91 Å². The third-order valence-electron chi connectivity index (χ3n) is 2.36. The Bertz CT molecular complexity index is 599. The van der Waals surface area contributed by atoms with Gasteiger partial charge in [-0.05, 0) is 36.4 Å². The molecule has 4 N–H and O–H groups in total. The van der Waals surface area contributed by atoms with Gasteiger partial charge in [-0.15, -0.1) is 0 Å². The van der Waals surface area contributed by atoms with Crippen molar-refractivity contribution in [2.24, 2.45) is 0 Å². The Morgan fingerprint density at radius 2 is 2.00 bits per heavy atom. The molecule has 18 heavy (non-hydrogen) atoms. The van der Waals surface area contributed by atoms with Crippen molar-refractivity contribution < 1.29 is 9.90 Å². The average molecular weight is 263 g/mol. The number of carbonyl (C=O) groups is 1. The smallest absolute Gasteiger partial charge is 0.257 e. The van der Waals surface area contributed by atoms with Crippen molar-refractivity contribution in [3.05, 3.63) is 53.1 Å². The Balaban J connectivity index is 2.24. The number of rotatable bonds is 2. The molecule has 0 unspecified atom stereocenters. The summed E-state index contributed by atoms with van der Waals surface area (Å²) in [5, 5.41) is 12.5. The molecule has 0 atom stereocenters. The average Bonchev–Trinajstić information content (AvgIpc) is 2.32. The van der Waals surface area contributed by atoms with E-state index in [2.05, 4.69) is 5.32 Å². The summed E-state index contributed by atoms with van der Waals surface area (Å²) >= 11 is 5.81. The molecule has 0 aliphatic carbocycles. The molecule has 1 amide bonds. The number of carbonyl (C=O) groups excluding carboxylic acids is 1. The lowest BCUT2D eigenvalue weighted by molar-refractivity contribution is 0.102. The van der Waals surface area contributed by atoms with Gasteiger partial charge in [-0.25, -0.2) is 0 Å². The van der Waals surface area contributed by atoms with Gasteiger partial charge in [0.25, 0.3) is 5.91 Å². The molecule has 0 radical (unpaired) electrons. The maximum absolute atomic E-state index is 12.0. The number of benzene rings is 2. The van der Waals surface area contributed by atoms with Crippen LogP contribution in [0.3, 0.4) is 0 Å². The number of hydrogen-bond donors (Lipinski definition) is 3. The molecular formula is C13H11ClN2O2. The zero-order valence-corrected chi connectivity index (χ0v) is 10.1. The van der Waals surface area contributed by atoms with Crippen LogP contribution in [0.5, 0.6) is 5.75 Å². The lowest BCUT2D eigenvalue weighted by atomic mass is 10.1. The zero-order chi connectivity index (χ0) is 13.1. The number of aromatic hydroxyl groups is 1. The minimum atomic E-state index is -0.398.